The van der Waals surface area contributed by atoms with E-state index in [0.29, 0.717) is 45.2 Å². The van der Waals surface area contributed by atoms with E-state index in [9.17, 15) is 19.1 Å². The van der Waals surface area contributed by atoms with E-state index in [4.69, 9.17) is 15.5 Å². The Labute approximate surface area is 252 Å². The lowest BCUT2D eigenvalue weighted by atomic mass is 9.81. The quantitative estimate of drug-likeness (QED) is 0.201. The number of primary amides is 1. The number of fused-ring (bicyclic) bond motifs is 2. The highest BCUT2D eigenvalue weighted by atomic mass is 19.1. The van der Waals surface area contributed by atoms with E-state index >= 15 is 0 Å². The summed E-state index contributed by atoms with van der Waals surface area (Å²) in [6.45, 7) is 3.23. The molecule has 0 saturated heterocycles. The van der Waals surface area contributed by atoms with Gasteiger partial charge in [-0.2, -0.15) is 5.10 Å². The number of nitrogens with two attached hydrogens (primary N) is 1. The average molecular weight is 593 g/mol. The van der Waals surface area contributed by atoms with E-state index in [1.54, 1.807) is 74.8 Å². The third-order valence-corrected chi connectivity index (χ3v) is 7.99. The zero-order valence-corrected chi connectivity index (χ0v) is 24.0. The first-order valence-corrected chi connectivity index (χ1v) is 14.0. The number of rotatable bonds is 9. The Hall–Kier alpha value is -5.29. The van der Waals surface area contributed by atoms with Gasteiger partial charge < -0.3 is 20.9 Å². The molecule has 5 aromatic rings. The van der Waals surface area contributed by atoms with Gasteiger partial charge in [-0.05, 0) is 80.9 Å². The maximum atomic E-state index is 13.7. The number of nitrogens with one attached hydrogen (secondary N) is 1. The number of carbonyl (C=O) groups excluding carboxylic acids is 2. The van der Waals surface area contributed by atoms with Crippen LogP contribution in [0.4, 0.5) is 15.9 Å². The highest BCUT2D eigenvalue weighted by Crippen LogP contribution is 2.46. The number of pyridine rings is 2. The van der Waals surface area contributed by atoms with E-state index < -0.39 is 22.7 Å². The van der Waals surface area contributed by atoms with E-state index in [0.717, 1.165) is 5.39 Å². The number of aromatic nitrogens is 4. The summed E-state index contributed by atoms with van der Waals surface area (Å²) in [5.41, 5.74) is 6.28. The lowest BCUT2D eigenvalue weighted by Gasteiger charge is -2.26. The first-order chi connectivity index (χ1) is 21.0. The van der Waals surface area contributed by atoms with Gasteiger partial charge in [-0.1, -0.05) is 6.07 Å². The standard InChI is InChI=1S/C33H29FN6O4/c1-32(31(35)42)18-44-30-23(32)17-26(39-29(30)19-7-9-22(34)10-8-19)33(2,43)12-11-25(41)21-15-20-5-3-13-36-28(20)24(16-21)38-27-6-4-14-37-40-27/h3-10,13-17,43H,11-12,18H2,1-2H3,(H2,35,42)(H,38,40)/t32-,33-/m0/s1. The van der Waals surface area contributed by atoms with Gasteiger partial charge in [0.1, 0.15) is 34.9 Å². The van der Waals surface area contributed by atoms with Gasteiger partial charge in [0.05, 0.1) is 16.9 Å². The van der Waals surface area contributed by atoms with Crippen LogP contribution in [0.15, 0.2) is 79.1 Å². The predicted molar refractivity (Wildman–Crippen MR) is 162 cm³/mol. The number of carbonyl (C=O) groups is 2. The second-order valence-electron chi connectivity index (χ2n) is 11.3. The normalized spacial score (nSPS) is 17.0. The Morgan fingerprint density at radius 1 is 1.11 bits per heavy atom. The number of nitrogens with zero attached hydrogens (tertiary/aromatic N) is 4. The van der Waals surface area contributed by atoms with Crippen LogP contribution in [-0.4, -0.2) is 43.6 Å². The number of Topliss-reactive ketones (excluding diaryl/α,β-unsaturated/α-hetero) is 1. The van der Waals surface area contributed by atoms with E-state index in [2.05, 4.69) is 20.5 Å². The third-order valence-electron chi connectivity index (χ3n) is 7.99. The molecule has 6 rings (SSSR count). The summed E-state index contributed by atoms with van der Waals surface area (Å²) in [5, 5.41) is 23.6. The van der Waals surface area contributed by atoms with Crippen molar-refractivity contribution in [2.45, 2.75) is 37.7 Å². The molecule has 0 bridgehead atoms. The molecular weight excluding hydrogens is 563 g/mol. The zero-order chi connectivity index (χ0) is 31.1. The fraction of sp³-hybridized carbons (Fsp3) is 0.212. The summed E-state index contributed by atoms with van der Waals surface area (Å²) in [6, 6.07) is 17.9. The first kappa shape index (κ1) is 28.8. The summed E-state index contributed by atoms with van der Waals surface area (Å²) >= 11 is 0. The van der Waals surface area contributed by atoms with Crippen molar-refractivity contribution in [2.24, 2.45) is 5.73 Å². The van der Waals surface area contributed by atoms with Crippen molar-refractivity contribution in [1.29, 1.82) is 0 Å². The minimum atomic E-state index is -1.58. The molecule has 222 valence electrons. The number of amides is 1. The summed E-state index contributed by atoms with van der Waals surface area (Å²) in [5.74, 6) is -0.372. The van der Waals surface area contributed by atoms with Crippen LogP contribution in [0.3, 0.4) is 0 Å². The van der Waals surface area contributed by atoms with Crippen molar-refractivity contribution < 1.29 is 23.8 Å². The van der Waals surface area contributed by atoms with E-state index in [1.165, 1.54) is 12.1 Å². The Morgan fingerprint density at radius 2 is 1.89 bits per heavy atom. The molecule has 2 aromatic carbocycles. The Balaban J connectivity index is 1.32. The molecule has 2 atom stereocenters. The number of ether oxygens (including phenoxy) is 1. The van der Waals surface area contributed by atoms with Gasteiger partial charge in [0.2, 0.25) is 5.91 Å². The highest BCUT2D eigenvalue weighted by Gasteiger charge is 2.45. The Morgan fingerprint density at radius 3 is 2.61 bits per heavy atom. The van der Waals surface area contributed by atoms with Crippen molar-refractivity contribution >= 4 is 34.1 Å². The van der Waals surface area contributed by atoms with E-state index in [-0.39, 0.29) is 30.9 Å². The third kappa shape index (κ3) is 5.33. The zero-order valence-electron chi connectivity index (χ0n) is 24.0. The van der Waals surface area contributed by atoms with Gasteiger partial charge in [-0.3, -0.25) is 14.6 Å². The molecule has 4 heterocycles. The fourth-order valence-electron chi connectivity index (χ4n) is 5.25. The van der Waals surface area contributed by atoms with Crippen LogP contribution >= 0.6 is 0 Å². The molecule has 1 aliphatic heterocycles. The van der Waals surface area contributed by atoms with Gasteiger partial charge in [0, 0.05) is 40.9 Å². The second-order valence-corrected chi connectivity index (χ2v) is 11.3. The Kier molecular flexibility index (Phi) is 7.26. The van der Waals surface area contributed by atoms with Gasteiger partial charge in [-0.25, -0.2) is 9.37 Å². The molecule has 0 spiro atoms. The van der Waals surface area contributed by atoms with Crippen LogP contribution in [-0.2, 0) is 15.8 Å². The van der Waals surface area contributed by atoms with Crippen molar-refractivity contribution in [3.8, 4) is 17.0 Å². The maximum absolute atomic E-state index is 13.7. The van der Waals surface area contributed by atoms with Crippen LogP contribution in [0.5, 0.6) is 5.75 Å². The molecule has 0 fully saturated rings. The number of benzene rings is 2. The van der Waals surface area contributed by atoms with Crippen molar-refractivity contribution in [1.82, 2.24) is 20.2 Å². The van der Waals surface area contributed by atoms with E-state index in [1.807, 2.05) is 6.07 Å². The van der Waals surface area contributed by atoms with Crippen molar-refractivity contribution in [3.05, 3.63) is 102 Å². The molecule has 1 aliphatic rings. The number of aliphatic hydroxyl groups is 1. The monoisotopic (exact) mass is 592 g/mol. The molecule has 0 radical (unpaired) electrons. The lowest BCUT2D eigenvalue weighted by Crippen LogP contribution is -2.40. The Bertz CT molecular complexity index is 1900. The SMILES string of the molecule is C[C@](O)(CCC(=O)c1cc(Nc2cccnn2)c2ncccc2c1)c1cc2c(c(-c3ccc(F)cc3)n1)OC[C@]2(C)C(N)=O. The molecule has 4 N–H and O–H groups in total. The summed E-state index contributed by atoms with van der Waals surface area (Å²) in [6.07, 6.45) is 3.23. The van der Waals surface area contributed by atoms with Crippen LogP contribution in [0.1, 0.15) is 48.3 Å². The van der Waals surface area contributed by atoms with Crippen LogP contribution in [0.25, 0.3) is 22.2 Å². The first-order valence-electron chi connectivity index (χ1n) is 14.0. The molecule has 11 heteroatoms. The summed E-state index contributed by atoms with van der Waals surface area (Å²) < 4.78 is 19.6. The lowest BCUT2D eigenvalue weighted by molar-refractivity contribution is -0.123. The van der Waals surface area contributed by atoms with Gasteiger partial charge in [0.15, 0.2) is 11.6 Å². The maximum Gasteiger partial charge on any atom is 0.231 e. The molecular formula is C33H29FN6O4. The van der Waals surface area contributed by atoms with Gasteiger partial charge >= 0.3 is 0 Å². The second kappa shape index (κ2) is 11.1. The molecule has 1 amide bonds. The average Bonchev–Trinajstić information content (AvgIpc) is 3.38. The smallest absolute Gasteiger partial charge is 0.231 e. The van der Waals surface area contributed by atoms with Gasteiger partial charge in [-0.15, -0.1) is 5.10 Å². The fourth-order valence-corrected chi connectivity index (χ4v) is 5.25. The number of halogens is 1. The summed E-state index contributed by atoms with van der Waals surface area (Å²) in [7, 11) is 0. The molecule has 44 heavy (non-hydrogen) atoms. The van der Waals surface area contributed by atoms with Crippen molar-refractivity contribution in [3.63, 3.8) is 0 Å². The molecule has 3 aromatic heterocycles. The minimum absolute atomic E-state index is 0.000618. The number of hydrogen-bond donors (Lipinski definition) is 3. The molecule has 0 saturated carbocycles. The topological polar surface area (TPSA) is 153 Å². The minimum Gasteiger partial charge on any atom is -0.489 e. The predicted octanol–water partition coefficient (Wildman–Crippen LogP) is 4.98. The molecule has 0 aliphatic carbocycles. The van der Waals surface area contributed by atoms with Crippen LogP contribution < -0.4 is 15.8 Å². The number of ketones is 1. The summed E-state index contributed by atoms with van der Waals surface area (Å²) in [4.78, 5) is 35.2. The highest BCUT2D eigenvalue weighted by molar-refractivity contribution is 6.03. The molecule has 0 unspecified atom stereocenters. The van der Waals surface area contributed by atoms with Crippen LogP contribution in [0, 0.1) is 5.82 Å². The largest absolute Gasteiger partial charge is 0.489 e. The molecule has 10 nitrogen and oxygen atoms in total. The van der Waals surface area contributed by atoms with Gasteiger partial charge in [0.25, 0.3) is 0 Å². The number of anilines is 2. The van der Waals surface area contributed by atoms with Crippen molar-refractivity contribution in [2.75, 3.05) is 11.9 Å². The number of hydrogen-bond acceptors (Lipinski definition) is 9. The van der Waals surface area contributed by atoms with Crippen LogP contribution in [0.2, 0.25) is 0 Å².